The average Bonchev–Trinajstić information content (AvgIpc) is 2.08. The van der Waals surface area contributed by atoms with E-state index in [2.05, 4.69) is 0 Å². The Balaban J connectivity index is 3.41. The number of halogens is 2. The van der Waals surface area contributed by atoms with E-state index in [9.17, 15) is 14.9 Å². The Labute approximate surface area is 83.2 Å². The molecule has 6 heteroatoms. The number of carbonyl (C=O) groups excluding carboxylic acids is 1. The van der Waals surface area contributed by atoms with Crippen molar-refractivity contribution in [3.8, 4) is 0 Å². The van der Waals surface area contributed by atoms with E-state index in [1.165, 1.54) is 0 Å². The summed E-state index contributed by atoms with van der Waals surface area (Å²) in [5.74, 6) is 0. The molecule has 1 aromatic rings. The fourth-order valence-electron chi connectivity index (χ4n) is 0.804. The van der Waals surface area contributed by atoms with Crippen molar-refractivity contribution in [3.63, 3.8) is 0 Å². The molecule has 0 aliphatic rings. The molecule has 13 heavy (non-hydrogen) atoms. The molecule has 1 rings (SSSR count). The average molecular weight is 220 g/mol. The first-order chi connectivity index (χ1) is 6.06. The van der Waals surface area contributed by atoms with Gasteiger partial charge in [-0.2, -0.15) is 0 Å². The second kappa shape index (κ2) is 3.72. The molecule has 1 aromatic carbocycles. The third kappa shape index (κ3) is 1.96. The van der Waals surface area contributed by atoms with Crippen LogP contribution in [-0.2, 0) is 0 Å². The first-order valence-electron chi connectivity index (χ1n) is 3.15. The molecule has 0 aromatic heterocycles. The van der Waals surface area contributed by atoms with Crippen LogP contribution < -0.4 is 0 Å². The molecule has 0 unspecified atom stereocenters. The maximum atomic E-state index is 10.4. The summed E-state index contributed by atoms with van der Waals surface area (Å²) >= 11 is 11.1. The Kier molecular flexibility index (Phi) is 2.85. The van der Waals surface area contributed by atoms with Crippen LogP contribution in [0.5, 0.6) is 0 Å². The van der Waals surface area contributed by atoms with Gasteiger partial charge in [0.05, 0.1) is 20.5 Å². The van der Waals surface area contributed by atoms with Gasteiger partial charge in [-0.1, -0.05) is 23.2 Å². The van der Waals surface area contributed by atoms with Gasteiger partial charge in [-0.05, 0) is 6.07 Å². The predicted molar refractivity (Wildman–Crippen MR) is 48.5 cm³/mol. The molecule has 0 aliphatic carbocycles. The normalized spacial score (nSPS) is 9.69. The van der Waals surface area contributed by atoms with Gasteiger partial charge >= 0.3 is 0 Å². The second-order valence-corrected chi connectivity index (χ2v) is 3.01. The van der Waals surface area contributed by atoms with Crippen molar-refractivity contribution < 1.29 is 9.72 Å². The maximum Gasteiger partial charge on any atom is 0.281 e. The fourth-order valence-corrected chi connectivity index (χ4v) is 1.13. The molecule has 0 saturated carbocycles. The summed E-state index contributed by atoms with van der Waals surface area (Å²) in [7, 11) is 0. The molecule has 0 radical (unpaired) electrons. The summed E-state index contributed by atoms with van der Waals surface area (Å²) < 4.78 is 0. The Bertz CT molecular complexity index is 378. The summed E-state index contributed by atoms with van der Waals surface area (Å²) in [6, 6.07) is 2.21. The lowest BCUT2D eigenvalue weighted by molar-refractivity contribution is -0.385. The number of nitro groups is 1. The van der Waals surface area contributed by atoms with E-state index in [0.717, 1.165) is 12.1 Å². The van der Waals surface area contributed by atoms with Crippen molar-refractivity contribution in [2.75, 3.05) is 0 Å². The number of rotatable bonds is 2. The highest BCUT2D eigenvalue weighted by atomic mass is 35.5. The largest absolute Gasteiger partial charge is 0.298 e. The minimum Gasteiger partial charge on any atom is -0.298 e. The number of carbonyl (C=O) groups is 1. The van der Waals surface area contributed by atoms with Gasteiger partial charge in [-0.3, -0.25) is 14.9 Å². The van der Waals surface area contributed by atoms with Crippen LogP contribution in [0, 0.1) is 10.1 Å². The van der Waals surface area contributed by atoms with Gasteiger partial charge in [0.2, 0.25) is 0 Å². The van der Waals surface area contributed by atoms with Crippen LogP contribution in [0.25, 0.3) is 0 Å². The molecule has 0 aliphatic heterocycles. The van der Waals surface area contributed by atoms with E-state index >= 15 is 0 Å². The highest BCUT2D eigenvalue weighted by Crippen LogP contribution is 2.29. The van der Waals surface area contributed by atoms with E-state index in [1.54, 1.807) is 0 Å². The molecule has 0 N–H and O–H groups in total. The van der Waals surface area contributed by atoms with E-state index in [-0.39, 0.29) is 21.3 Å². The van der Waals surface area contributed by atoms with Crippen LogP contribution in [0.4, 0.5) is 5.69 Å². The summed E-state index contributed by atoms with van der Waals surface area (Å²) in [5.41, 5.74) is -0.427. The molecule has 0 atom stereocenters. The van der Waals surface area contributed by atoms with Crippen LogP contribution >= 0.6 is 23.2 Å². The van der Waals surface area contributed by atoms with E-state index in [1.807, 2.05) is 0 Å². The summed E-state index contributed by atoms with van der Waals surface area (Å²) in [6.45, 7) is 0. The summed E-state index contributed by atoms with van der Waals surface area (Å²) in [6.07, 6.45) is 0.361. The maximum absolute atomic E-state index is 10.4. The van der Waals surface area contributed by atoms with Crippen molar-refractivity contribution in [3.05, 3.63) is 37.9 Å². The van der Waals surface area contributed by atoms with Crippen LogP contribution in [-0.4, -0.2) is 11.2 Å². The number of benzene rings is 1. The van der Waals surface area contributed by atoms with Crippen LogP contribution in [0.3, 0.4) is 0 Å². The second-order valence-electron chi connectivity index (χ2n) is 2.20. The van der Waals surface area contributed by atoms with Crippen molar-refractivity contribution in [1.29, 1.82) is 0 Å². The topological polar surface area (TPSA) is 60.2 Å². The predicted octanol–water partition coefficient (Wildman–Crippen LogP) is 2.71. The molecule has 0 heterocycles. The van der Waals surface area contributed by atoms with Crippen molar-refractivity contribution >= 4 is 35.2 Å². The Morgan fingerprint density at radius 3 is 2.31 bits per heavy atom. The summed E-state index contributed by atoms with van der Waals surface area (Å²) in [4.78, 5) is 20.1. The number of hydrogen-bond donors (Lipinski definition) is 0. The molecular weight excluding hydrogens is 217 g/mol. The lowest BCUT2D eigenvalue weighted by atomic mass is 10.2. The van der Waals surface area contributed by atoms with Gasteiger partial charge in [0.1, 0.15) is 0 Å². The zero-order valence-corrected chi connectivity index (χ0v) is 7.67. The van der Waals surface area contributed by atoms with E-state index in [0.29, 0.717) is 6.29 Å². The molecule has 4 nitrogen and oxygen atoms in total. The Hall–Kier alpha value is -1.13. The fraction of sp³-hybridized carbons (Fsp3) is 0. The molecule has 0 fully saturated rings. The van der Waals surface area contributed by atoms with E-state index < -0.39 is 4.92 Å². The lowest BCUT2D eigenvalue weighted by Crippen LogP contribution is -1.94. The SMILES string of the molecule is O=Cc1cc(Cl)c(Cl)cc1[N+](=O)[O-]. The highest BCUT2D eigenvalue weighted by molar-refractivity contribution is 6.42. The number of aldehydes is 1. The molecular formula is C7H3Cl2NO3. The Morgan fingerprint density at radius 1 is 1.31 bits per heavy atom. The van der Waals surface area contributed by atoms with Gasteiger partial charge in [-0.25, -0.2) is 0 Å². The summed E-state index contributed by atoms with van der Waals surface area (Å²) in [5, 5.41) is 10.6. The van der Waals surface area contributed by atoms with Gasteiger partial charge < -0.3 is 0 Å². The molecule has 68 valence electrons. The molecule has 0 amide bonds. The lowest BCUT2D eigenvalue weighted by Gasteiger charge is -1.98. The number of nitro benzene ring substituents is 1. The third-order valence-corrected chi connectivity index (χ3v) is 2.12. The van der Waals surface area contributed by atoms with Gasteiger partial charge in [-0.15, -0.1) is 0 Å². The van der Waals surface area contributed by atoms with Crippen molar-refractivity contribution in [1.82, 2.24) is 0 Å². The standard InChI is InChI=1S/C7H3Cl2NO3/c8-5-1-4(3-11)7(10(12)13)2-6(5)9/h1-3H. The zero-order valence-electron chi connectivity index (χ0n) is 6.16. The van der Waals surface area contributed by atoms with Crippen LogP contribution in [0.1, 0.15) is 10.4 Å². The van der Waals surface area contributed by atoms with Crippen molar-refractivity contribution in [2.24, 2.45) is 0 Å². The quantitative estimate of drug-likeness (QED) is 0.437. The van der Waals surface area contributed by atoms with Crippen LogP contribution in [0.2, 0.25) is 10.0 Å². The number of nitrogens with zero attached hydrogens (tertiary/aromatic N) is 1. The minimum absolute atomic E-state index is 0.0546. The number of hydrogen-bond acceptors (Lipinski definition) is 3. The minimum atomic E-state index is -0.689. The first kappa shape index (κ1) is 9.95. The van der Waals surface area contributed by atoms with E-state index in [4.69, 9.17) is 23.2 Å². The molecule has 0 spiro atoms. The smallest absolute Gasteiger partial charge is 0.281 e. The molecule has 0 saturated heterocycles. The third-order valence-electron chi connectivity index (χ3n) is 1.39. The van der Waals surface area contributed by atoms with Crippen LogP contribution in [0.15, 0.2) is 12.1 Å². The Morgan fingerprint density at radius 2 is 1.85 bits per heavy atom. The first-order valence-corrected chi connectivity index (χ1v) is 3.90. The highest BCUT2D eigenvalue weighted by Gasteiger charge is 2.15. The van der Waals surface area contributed by atoms with Gasteiger partial charge in [0, 0.05) is 6.07 Å². The zero-order chi connectivity index (χ0) is 10.0. The van der Waals surface area contributed by atoms with Gasteiger partial charge in [0.15, 0.2) is 6.29 Å². The van der Waals surface area contributed by atoms with Crippen molar-refractivity contribution in [2.45, 2.75) is 0 Å². The van der Waals surface area contributed by atoms with Gasteiger partial charge in [0.25, 0.3) is 5.69 Å². The monoisotopic (exact) mass is 219 g/mol. The molecule has 0 bridgehead atoms.